The lowest BCUT2D eigenvalue weighted by Gasteiger charge is -2.25. The Morgan fingerprint density at radius 1 is 1.21 bits per heavy atom. The summed E-state index contributed by atoms with van der Waals surface area (Å²) in [5.74, 6) is 4.25. The van der Waals surface area contributed by atoms with Crippen molar-refractivity contribution < 1.29 is 0 Å². The Bertz CT molecular complexity index is 987. The third-order valence-electron chi connectivity index (χ3n) is 5.15. The lowest BCUT2D eigenvalue weighted by atomic mass is 10.1. The average Bonchev–Trinajstić information content (AvgIpc) is 3.27. The van der Waals surface area contributed by atoms with Crippen LogP contribution < -0.4 is 10.6 Å². The zero-order chi connectivity index (χ0) is 20.2. The average molecular weight is 393 g/mol. The Hall–Kier alpha value is -3.23. The highest BCUT2D eigenvalue weighted by atomic mass is 15.4. The SMILES string of the molecule is Cc1nc2n(n1)CCCC2NC(=NCc1ccccc1)NCc1nnc(C)n1C. The number of rotatable bonds is 5. The smallest absolute Gasteiger partial charge is 0.192 e. The Morgan fingerprint density at radius 3 is 2.79 bits per heavy atom. The lowest BCUT2D eigenvalue weighted by molar-refractivity contribution is 0.397. The monoisotopic (exact) mass is 393 g/mol. The van der Waals surface area contributed by atoms with E-state index in [2.05, 4.69) is 43.0 Å². The Labute approximate surface area is 170 Å². The van der Waals surface area contributed by atoms with Crippen molar-refractivity contribution >= 4 is 5.96 Å². The molecule has 1 atom stereocenters. The molecule has 152 valence electrons. The molecule has 9 heteroatoms. The number of hydrogen-bond donors (Lipinski definition) is 2. The number of aryl methyl sites for hydroxylation is 3. The second kappa shape index (κ2) is 8.42. The molecule has 0 bridgehead atoms. The maximum absolute atomic E-state index is 4.80. The van der Waals surface area contributed by atoms with Crippen molar-refractivity contribution in [3.8, 4) is 0 Å². The number of aromatic nitrogens is 6. The van der Waals surface area contributed by atoms with Crippen LogP contribution in [-0.2, 0) is 26.7 Å². The molecule has 9 nitrogen and oxygen atoms in total. The normalized spacial score (nSPS) is 16.5. The molecule has 0 aliphatic carbocycles. The number of nitrogens with one attached hydrogen (secondary N) is 2. The van der Waals surface area contributed by atoms with E-state index in [-0.39, 0.29) is 6.04 Å². The molecule has 1 aliphatic rings. The molecule has 29 heavy (non-hydrogen) atoms. The molecule has 1 aromatic carbocycles. The summed E-state index contributed by atoms with van der Waals surface area (Å²) in [6.07, 6.45) is 2.05. The largest absolute Gasteiger partial charge is 0.349 e. The van der Waals surface area contributed by atoms with Crippen LogP contribution in [0.5, 0.6) is 0 Å². The number of guanidine groups is 1. The van der Waals surface area contributed by atoms with Crippen LogP contribution in [0.25, 0.3) is 0 Å². The molecular formula is C20H27N9. The Kier molecular flexibility index (Phi) is 5.55. The number of fused-ring (bicyclic) bond motifs is 1. The standard InChI is InChI=1S/C20H27N9/c1-14-23-19-17(10-7-11-29(19)27-14)24-20(21-12-16-8-5-4-6-9-16)22-13-18-26-25-15(2)28(18)3/h4-6,8-9,17H,7,10-13H2,1-3H3,(H2,21,22,24). The number of hydrogen-bond acceptors (Lipinski definition) is 5. The van der Waals surface area contributed by atoms with Crippen molar-refractivity contribution in [1.29, 1.82) is 0 Å². The van der Waals surface area contributed by atoms with Gasteiger partial charge in [0.25, 0.3) is 0 Å². The van der Waals surface area contributed by atoms with E-state index in [0.29, 0.717) is 13.1 Å². The zero-order valence-electron chi connectivity index (χ0n) is 17.1. The molecular weight excluding hydrogens is 366 g/mol. The van der Waals surface area contributed by atoms with Crippen LogP contribution in [0.15, 0.2) is 35.3 Å². The molecule has 0 spiro atoms. The summed E-state index contributed by atoms with van der Waals surface area (Å²) in [5, 5.41) is 19.8. The first-order valence-corrected chi connectivity index (χ1v) is 9.95. The van der Waals surface area contributed by atoms with Gasteiger partial charge in [0, 0.05) is 13.6 Å². The van der Waals surface area contributed by atoms with Crippen molar-refractivity contribution in [2.75, 3.05) is 0 Å². The molecule has 0 fully saturated rings. The summed E-state index contributed by atoms with van der Waals surface area (Å²) in [4.78, 5) is 9.42. The fourth-order valence-corrected chi connectivity index (χ4v) is 3.44. The van der Waals surface area contributed by atoms with E-state index in [0.717, 1.165) is 54.2 Å². The van der Waals surface area contributed by atoms with E-state index in [9.17, 15) is 0 Å². The van der Waals surface area contributed by atoms with Crippen LogP contribution in [0.1, 0.15) is 47.7 Å². The van der Waals surface area contributed by atoms with Crippen molar-refractivity contribution in [3.05, 3.63) is 59.2 Å². The van der Waals surface area contributed by atoms with Gasteiger partial charge in [0.15, 0.2) is 11.8 Å². The van der Waals surface area contributed by atoms with Gasteiger partial charge in [-0.15, -0.1) is 10.2 Å². The minimum absolute atomic E-state index is 0.0770. The summed E-state index contributed by atoms with van der Waals surface area (Å²) in [6.45, 7) is 5.91. The van der Waals surface area contributed by atoms with E-state index in [1.165, 1.54) is 0 Å². The van der Waals surface area contributed by atoms with Crippen LogP contribution in [0.3, 0.4) is 0 Å². The fourth-order valence-electron chi connectivity index (χ4n) is 3.44. The van der Waals surface area contributed by atoms with Gasteiger partial charge < -0.3 is 15.2 Å². The third kappa shape index (κ3) is 4.44. The second-order valence-corrected chi connectivity index (χ2v) is 7.31. The van der Waals surface area contributed by atoms with Gasteiger partial charge in [0.2, 0.25) is 0 Å². The third-order valence-corrected chi connectivity index (χ3v) is 5.15. The molecule has 3 heterocycles. The van der Waals surface area contributed by atoms with Crippen LogP contribution in [0.2, 0.25) is 0 Å². The maximum atomic E-state index is 4.80. The van der Waals surface area contributed by atoms with E-state index in [1.54, 1.807) is 0 Å². The molecule has 0 saturated heterocycles. The summed E-state index contributed by atoms with van der Waals surface area (Å²) in [5.41, 5.74) is 1.16. The van der Waals surface area contributed by atoms with E-state index < -0.39 is 0 Å². The summed E-state index contributed by atoms with van der Waals surface area (Å²) >= 11 is 0. The highest BCUT2D eigenvalue weighted by molar-refractivity contribution is 5.80. The van der Waals surface area contributed by atoms with Crippen molar-refractivity contribution in [1.82, 2.24) is 40.2 Å². The van der Waals surface area contributed by atoms with Crippen LogP contribution in [0, 0.1) is 13.8 Å². The van der Waals surface area contributed by atoms with Gasteiger partial charge >= 0.3 is 0 Å². The number of benzene rings is 1. The van der Waals surface area contributed by atoms with E-state index >= 15 is 0 Å². The van der Waals surface area contributed by atoms with Gasteiger partial charge in [0.05, 0.1) is 19.1 Å². The summed E-state index contributed by atoms with van der Waals surface area (Å²) in [7, 11) is 1.97. The number of nitrogens with zero attached hydrogens (tertiary/aromatic N) is 7. The molecule has 2 aromatic heterocycles. The molecule has 1 aliphatic heterocycles. The minimum atomic E-state index is 0.0770. The molecule has 0 saturated carbocycles. The van der Waals surface area contributed by atoms with Gasteiger partial charge in [-0.1, -0.05) is 30.3 Å². The van der Waals surface area contributed by atoms with Crippen LogP contribution in [-0.4, -0.2) is 35.5 Å². The van der Waals surface area contributed by atoms with Crippen molar-refractivity contribution in [3.63, 3.8) is 0 Å². The topological polar surface area (TPSA) is 97.8 Å². The number of aliphatic imine (C=N–C) groups is 1. The van der Waals surface area contributed by atoms with Crippen molar-refractivity contribution in [2.45, 2.75) is 52.4 Å². The first kappa shape index (κ1) is 19.1. The van der Waals surface area contributed by atoms with Gasteiger partial charge in [-0.05, 0) is 32.3 Å². The van der Waals surface area contributed by atoms with E-state index in [1.807, 2.05) is 48.3 Å². The molecule has 2 N–H and O–H groups in total. The van der Waals surface area contributed by atoms with E-state index in [4.69, 9.17) is 4.99 Å². The zero-order valence-corrected chi connectivity index (χ0v) is 17.1. The lowest BCUT2D eigenvalue weighted by Crippen LogP contribution is -2.41. The fraction of sp³-hybridized carbons (Fsp3) is 0.450. The maximum Gasteiger partial charge on any atom is 0.192 e. The quantitative estimate of drug-likeness (QED) is 0.507. The van der Waals surface area contributed by atoms with Gasteiger partial charge in [0.1, 0.15) is 17.5 Å². The predicted molar refractivity (Wildman–Crippen MR) is 110 cm³/mol. The molecule has 1 unspecified atom stereocenters. The minimum Gasteiger partial charge on any atom is -0.349 e. The summed E-state index contributed by atoms with van der Waals surface area (Å²) < 4.78 is 3.97. The van der Waals surface area contributed by atoms with Gasteiger partial charge in [-0.25, -0.2) is 14.7 Å². The highest BCUT2D eigenvalue weighted by Crippen LogP contribution is 2.22. The first-order chi connectivity index (χ1) is 14.1. The molecule has 0 amide bonds. The molecule has 4 rings (SSSR count). The Balaban J connectivity index is 1.52. The first-order valence-electron chi connectivity index (χ1n) is 9.95. The molecule has 0 radical (unpaired) electrons. The highest BCUT2D eigenvalue weighted by Gasteiger charge is 2.24. The predicted octanol–water partition coefficient (Wildman–Crippen LogP) is 1.79. The molecule has 3 aromatic rings. The van der Waals surface area contributed by atoms with Gasteiger partial charge in [-0.3, -0.25) is 0 Å². The van der Waals surface area contributed by atoms with Crippen LogP contribution in [0.4, 0.5) is 0 Å². The van der Waals surface area contributed by atoms with Gasteiger partial charge in [-0.2, -0.15) is 5.10 Å². The summed E-state index contributed by atoms with van der Waals surface area (Å²) in [6, 6.07) is 10.3. The second-order valence-electron chi connectivity index (χ2n) is 7.31. The Morgan fingerprint density at radius 2 is 2.03 bits per heavy atom. The van der Waals surface area contributed by atoms with Crippen molar-refractivity contribution in [2.24, 2.45) is 12.0 Å². The van der Waals surface area contributed by atoms with Crippen LogP contribution >= 0.6 is 0 Å².